The van der Waals surface area contributed by atoms with E-state index in [2.05, 4.69) is 24.5 Å². The van der Waals surface area contributed by atoms with Crippen molar-refractivity contribution >= 4 is 5.91 Å². The summed E-state index contributed by atoms with van der Waals surface area (Å²) >= 11 is 0. The van der Waals surface area contributed by atoms with Gasteiger partial charge in [0.15, 0.2) is 0 Å². The largest absolute Gasteiger partial charge is 0.353 e. The molecule has 0 aromatic carbocycles. The number of hydrogen-bond donors (Lipinski definition) is 2. The lowest BCUT2D eigenvalue weighted by Crippen LogP contribution is -2.41. The fourth-order valence-corrected chi connectivity index (χ4v) is 2.55. The van der Waals surface area contributed by atoms with Gasteiger partial charge < -0.3 is 10.6 Å². The van der Waals surface area contributed by atoms with Crippen LogP contribution in [0.5, 0.6) is 0 Å². The molecule has 1 amide bonds. The number of carbonyl (C=O) groups is 1. The Morgan fingerprint density at radius 2 is 2.19 bits per heavy atom. The third-order valence-corrected chi connectivity index (χ3v) is 4.01. The van der Waals surface area contributed by atoms with E-state index >= 15 is 0 Å². The molecule has 16 heavy (non-hydrogen) atoms. The van der Waals surface area contributed by atoms with E-state index in [1.54, 1.807) is 0 Å². The van der Waals surface area contributed by atoms with E-state index in [1.807, 2.05) is 0 Å². The Hall–Kier alpha value is -0.570. The lowest BCUT2D eigenvalue weighted by atomic mass is 9.96. The van der Waals surface area contributed by atoms with E-state index in [9.17, 15) is 4.79 Å². The highest BCUT2D eigenvalue weighted by atomic mass is 16.2. The average Bonchev–Trinajstić information content (AvgIpc) is 2.97. The second-order valence-electron chi connectivity index (χ2n) is 5.53. The van der Waals surface area contributed by atoms with Crippen LogP contribution in [0, 0.1) is 17.8 Å². The minimum absolute atomic E-state index is 0.188. The second kappa shape index (κ2) is 5.17. The average molecular weight is 224 g/mol. The molecule has 3 heteroatoms. The van der Waals surface area contributed by atoms with Gasteiger partial charge in [0.2, 0.25) is 5.91 Å². The van der Waals surface area contributed by atoms with Gasteiger partial charge in [0, 0.05) is 12.6 Å². The highest BCUT2D eigenvalue weighted by Gasteiger charge is 2.31. The van der Waals surface area contributed by atoms with Gasteiger partial charge in [-0.25, -0.2) is 0 Å². The first-order valence-corrected chi connectivity index (χ1v) is 6.71. The van der Waals surface area contributed by atoms with E-state index in [4.69, 9.17) is 0 Å². The SMILES string of the molecule is CCC(CC1CC1)NC(=O)C1CNCC1C. The summed E-state index contributed by atoms with van der Waals surface area (Å²) in [6, 6.07) is 0.410. The Labute approximate surface area is 98.4 Å². The van der Waals surface area contributed by atoms with Crippen LogP contribution in [-0.2, 0) is 4.79 Å². The van der Waals surface area contributed by atoms with E-state index in [0.717, 1.165) is 25.4 Å². The zero-order valence-electron chi connectivity index (χ0n) is 10.5. The van der Waals surface area contributed by atoms with Crippen molar-refractivity contribution in [2.45, 2.75) is 45.6 Å². The summed E-state index contributed by atoms with van der Waals surface area (Å²) in [6.07, 6.45) is 5.00. The first-order chi connectivity index (χ1) is 7.70. The molecule has 2 aliphatic rings. The van der Waals surface area contributed by atoms with Crippen molar-refractivity contribution in [1.29, 1.82) is 0 Å². The van der Waals surface area contributed by atoms with Crippen LogP contribution in [0.25, 0.3) is 0 Å². The number of amides is 1. The monoisotopic (exact) mass is 224 g/mol. The Bertz CT molecular complexity index is 250. The molecule has 1 aliphatic carbocycles. The predicted octanol–water partition coefficient (Wildman–Crippen LogP) is 1.54. The Kier molecular flexibility index (Phi) is 3.85. The first kappa shape index (κ1) is 11.9. The maximum absolute atomic E-state index is 12.1. The van der Waals surface area contributed by atoms with Gasteiger partial charge in [-0.1, -0.05) is 26.7 Å². The molecule has 3 unspecified atom stereocenters. The van der Waals surface area contributed by atoms with Gasteiger partial charge in [-0.15, -0.1) is 0 Å². The minimum Gasteiger partial charge on any atom is -0.353 e. The van der Waals surface area contributed by atoms with Crippen LogP contribution >= 0.6 is 0 Å². The van der Waals surface area contributed by atoms with E-state index < -0.39 is 0 Å². The standard InChI is InChI=1S/C13H24N2O/c1-3-11(6-10-4-5-10)15-13(16)12-8-14-7-9(12)2/h9-12,14H,3-8H2,1-2H3,(H,15,16). The molecule has 2 fully saturated rings. The molecule has 0 aromatic rings. The van der Waals surface area contributed by atoms with Gasteiger partial charge in [0.1, 0.15) is 0 Å². The molecule has 0 radical (unpaired) electrons. The lowest BCUT2D eigenvalue weighted by Gasteiger charge is -2.21. The molecule has 3 nitrogen and oxygen atoms in total. The molecule has 0 spiro atoms. The maximum Gasteiger partial charge on any atom is 0.224 e. The van der Waals surface area contributed by atoms with Crippen LogP contribution in [0.4, 0.5) is 0 Å². The van der Waals surface area contributed by atoms with Crippen molar-refractivity contribution in [3.63, 3.8) is 0 Å². The molecule has 0 bridgehead atoms. The van der Waals surface area contributed by atoms with Crippen molar-refractivity contribution in [3.8, 4) is 0 Å². The molecular formula is C13H24N2O. The Morgan fingerprint density at radius 3 is 2.69 bits per heavy atom. The first-order valence-electron chi connectivity index (χ1n) is 6.71. The number of carbonyl (C=O) groups excluding carboxylic acids is 1. The zero-order chi connectivity index (χ0) is 11.5. The molecule has 2 N–H and O–H groups in total. The molecular weight excluding hydrogens is 200 g/mol. The smallest absolute Gasteiger partial charge is 0.224 e. The Morgan fingerprint density at radius 1 is 1.44 bits per heavy atom. The van der Waals surface area contributed by atoms with Gasteiger partial charge in [-0.05, 0) is 31.2 Å². The van der Waals surface area contributed by atoms with Crippen molar-refractivity contribution in [2.75, 3.05) is 13.1 Å². The zero-order valence-corrected chi connectivity index (χ0v) is 10.5. The summed E-state index contributed by atoms with van der Waals surface area (Å²) in [5.74, 6) is 1.83. The quantitative estimate of drug-likeness (QED) is 0.743. The van der Waals surface area contributed by atoms with Crippen LogP contribution in [0.15, 0.2) is 0 Å². The summed E-state index contributed by atoms with van der Waals surface area (Å²) in [5, 5.41) is 6.52. The maximum atomic E-state index is 12.1. The van der Waals surface area contributed by atoms with Gasteiger partial charge in [0.25, 0.3) is 0 Å². The molecule has 3 atom stereocenters. The van der Waals surface area contributed by atoms with Crippen molar-refractivity contribution in [3.05, 3.63) is 0 Å². The molecule has 1 aliphatic heterocycles. The van der Waals surface area contributed by atoms with Crippen LogP contribution in [0.1, 0.15) is 39.5 Å². The van der Waals surface area contributed by atoms with E-state index in [-0.39, 0.29) is 11.8 Å². The van der Waals surface area contributed by atoms with Gasteiger partial charge in [-0.3, -0.25) is 4.79 Å². The lowest BCUT2D eigenvalue weighted by molar-refractivity contribution is -0.126. The number of rotatable bonds is 5. The molecule has 0 aromatic heterocycles. The summed E-state index contributed by atoms with van der Waals surface area (Å²) in [7, 11) is 0. The van der Waals surface area contributed by atoms with Crippen LogP contribution in [0.2, 0.25) is 0 Å². The molecule has 92 valence electrons. The molecule has 1 heterocycles. The summed E-state index contributed by atoms with van der Waals surface area (Å²) in [5.41, 5.74) is 0. The Balaban J connectivity index is 1.79. The van der Waals surface area contributed by atoms with E-state index in [1.165, 1.54) is 19.3 Å². The van der Waals surface area contributed by atoms with Crippen LogP contribution < -0.4 is 10.6 Å². The summed E-state index contributed by atoms with van der Waals surface area (Å²) in [6.45, 7) is 6.17. The normalized spacial score (nSPS) is 31.4. The summed E-state index contributed by atoms with van der Waals surface area (Å²) < 4.78 is 0. The summed E-state index contributed by atoms with van der Waals surface area (Å²) in [4.78, 5) is 12.1. The topological polar surface area (TPSA) is 41.1 Å². The van der Waals surface area contributed by atoms with Crippen molar-refractivity contribution in [1.82, 2.24) is 10.6 Å². The van der Waals surface area contributed by atoms with Crippen LogP contribution in [0.3, 0.4) is 0 Å². The third-order valence-electron chi connectivity index (χ3n) is 4.01. The van der Waals surface area contributed by atoms with Gasteiger partial charge in [-0.2, -0.15) is 0 Å². The fourth-order valence-electron chi connectivity index (χ4n) is 2.55. The third kappa shape index (κ3) is 2.97. The van der Waals surface area contributed by atoms with Gasteiger partial charge in [0.05, 0.1) is 5.92 Å². The molecule has 2 rings (SSSR count). The highest BCUT2D eigenvalue weighted by Crippen LogP contribution is 2.34. The van der Waals surface area contributed by atoms with E-state index in [0.29, 0.717) is 12.0 Å². The predicted molar refractivity (Wildman–Crippen MR) is 65.1 cm³/mol. The molecule has 1 saturated carbocycles. The number of hydrogen-bond acceptors (Lipinski definition) is 2. The second-order valence-corrected chi connectivity index (χ2v) is 5.53. The highest BCUT2D eigenvalue weighted by molar-refractivity contribution is 5.79. The minimum atomic E-state index is 0.188. The fraction of sp³-hybridized carbons (Fsp3) is 0.923. The van der Waals surface area contributed by atoms with Crippen molar-refractivity contribution in [2.24, 2.45) is 17.8 Å². The van der Waals surface area contributed by atoms with Crippen molar-refractivity contribution < 1.29 is 4.79 Å². The van der Waals surface area contributed by atoms with Gasteiger partial charge >= 0.3 is 0 Å². The molecule has 1 saturated heterocycles. The number of nitrogens with one attached hydrogen (secondary N) is 2. The van der Waals surface area contributed by atoms with Crippen LogP contribution in [-0.4, -0.2) is 25.0 Å².